The van der Waals surface area contributed by atoms with Crippen molar-refractivity contribution in [3.05, 3.63) is 66.1 Å². The van der Waals surface area contributed by atoms with Crippen LogP contribution in [0.15, 0.2) is 59.0 Å². The molecule has 0 saturated heterocycles. The molecule has 0 aliphatic heterocycles. The first-order valence-electron chi connectivity index (χ1n) is 9.56. The van der Waals surface area contributed by atoms with E-state index in [2.05, 4.69) is 15.5 Å². The first-order valence-corrected chi connectivity index (χ1v) is 9.56. The molecule has 7 heteroatoms. The fourth-order valence-electron chi connectivity index (χ4n) is 2.90. The number of nitrogens with zero attached hydrogens (tertiary/aromatic N) is 3. The number of anilines is 1. The minimum Gasteiger partial charge on any atom is -0.421 e. The number of carbonyl (C=O) groups excluding carboxylic acids is 2. The highest BCUT2D eigenvalue weighted by molar-refractivity contribution is 5.95. The molecule has 1 N–H and O–H groups in total. The van der Waals surface area contributed by atoms with Gasteiger partial charge in [0.1, 0.15) is 0 Å². The Morgan fingerprint density at radius 1 is 1.03 bits per heavy atom. The summed E-state index contributed by atoms with van der Waals surface area (Å²) in [4.78, 5) is 26.0. The third kappa shape index (κ3) is 5.51. The van der Waals surface area contributed by atoms with Crippen LogP contribution < -0.4 is 5.32 Å². The monoisotopic (exact) mass is 392 g/mol. The number of nitrogens with one attached hydrogen (secondary N) is 1. The number of aromatic nitrogens is 2. The van der Waals surface area contributed by atoms with E-state index in [9.17, 15) is 9.59 Å². The molecule has 0 bridgehead atoms. The van der Waals surface area contributed by atoms with Gasteiger partial charge in [-0.15, -0.1) is 10.2 Å². The number of hydrogen-bond donors (Lipinski definition) is 1. The molecule has 3 aromatic rings. The van der Waals surface area contributed by atoms with Crippen molar-refractivity contribution in [1.29, 1.82) is 0 Å². The lowest BCUT2D eigenvalue weighted by Crippen LogP contribution is -2.35. The second kappa shape index (κ2) is 9.64. The van der Waals surface area contributed by atoms with Crippen LogP contribution in [0.3, 0.4) is 0 Å². The number of carbonyl (C=O) groups is 2. The normalized spacial score (nSPS) is 10.6. The van der Waals surface area contributed by atoms with Crippen LogP contribution in [0.4, 0.5) is 5.69 Å². The molecule has 1 aromatic heterocycles. The Morgan fingerprint density at radius 3 is 2.52 bits per heavy atom. The van der Waals surface area contributed by atoms with Crippen LogP contribution in [-0.2, 0) is 22.4 Å². The Morgan fingerprint density at radius 2 is 1.76 bits per heavy atom. The molecule has 0 aliphatic carbocycles. The summed E-state index contributed by atoms with van der Waals surface area (Å²) < 4.78 is 5.61. The lowest BCUT2D eigenvalue weighted by atomic mass is 10.1. The van der Waals surface area contributed by atoms with Gasteiger partial charge in [0.05, 0.1) is 6.54 Å². The van der Waals surface area contributed by atoms with Gasteiger partial charge in [0.15, 0.2) is 0 Å². The summed E-state index contributed by atoms with van der Waals surface area (Å²) in [6.45, 7) is 2.01. The van der Waals surface area contributed by atoms with E-state index >= 15 is 0 Å². The van der Waals surface area contributed by atoms with Gasteiger partial charge < -0.3 is 14.6 Å². The Hall–Kier alpha value is -3.48. The first kappa shape index (κ1) is 20.3. The van der Waals surface area contributed by atoms with Crippen LogP contribution in [0.1, 0.15) is 24.8 Å². The van der Waals surface area contributed by atoms with E-state index < -0.39 is 0 Å². The summed E-state index contributed by atoms with van der Waals surface area (Å²) in [5.74, 6) is 0.427. The van der Waals surface area contributed by atoms with Crippen molar-refractivity contribution < 1.29 is 14.0 Å². The molecule has 7 nitrogen and oxygen atoms in total. The predicted molar refractivity (Wildman–Crippen MR) is 110 cm³/mol. The number of aryl methyl sites for hydroxylation is 2. The standard InChI is InChI=1S/C22H24N4O3/c1-3-16-9-7-8-12-18(16)23-19(27)15-26(2)21(28)14-13-20-24-25-22(29-20)17-10-5-4-6-11-17/h4-12H,3,13-15H2,1-2H3,(H,23,27). The van der Waals surface area contributed by atoms with Gasteiger partial charge in [0.2, 0.25) is 23.6 Å². The average molecular weight is 392 g/mol. The van der Waals surface area contributed by atoms with Gasteiger partial charge in [-0.05, 0) is 30.2 Å². The molecule has 3 rings (SSSR count). The minimum atomic E-state index is -0.231. The summed E-state index contributed by atoms with van der Waals surface area (Å²) >= 11 is 0. The van der Waals surface area contributed by atoms with Crippen molar-refractivity contribution in [3.63, 3.8) is 0 Å². The highest BCUT2D eigenvalue weighted by atomic mass is 16.4. The molecule has 2 aromatic carbocycles. The Balaban J connectivity index is 1.49. The van der Waals surface area contributed by atoms with Crippen LogP contribution in [0, 0.1) is 0 Å². The second-order valence-corrected chi connectivity index (χ2v) is 6.68. The van der Waals surface area contributed by atoms with Crippen molar-refractivity contribution in [2.45, 2.75) is 26.2 Å². The zero-order chi connectivity index (χ0) is 20.6. The Bertz CT molecular complexity index is 969. The Kier molecular flexibility index (Phi) is 6.73. The molecule has 0 spiro atoms. The van der Waals surface area contributed by atoms with E-state index in [4.69, 9.17) is 4.42 Å². The molecule has 2 amide bonds. The fraction of sp³-hybridized carbons (Fsp3) is 0.273. The molecule has 0 fully saturated rings. The molecule has 29 heavy (non-hydrogen) atoms. The summed E-state index contributed by atoms with van der Waals surface area (Å²) in [5.41, 5.74) is 2.67. The van der Waals surface area contributed by atoms with Crippen LogP contribution in [0.2, 0.25) is 0 Å². The number of amides is 2. The average Bonchev–Trinajstić information content (AvgIpc) is 3.22. The largest absolute Gasteiger partial charge is 0.421 e. The molecular formula is C22H24N4O3. The smallest absolute Gasteiger partial charge is 0.247 e. The lowest BCUT2D eigenvalue weighted by Gasteiger charge is -2.17. The first-order chi connectivity index (χ1) is 14.1. The number of benzene rings is 2. The van der Waals surface area contributed by atoms with Gasteiger partial charge in [-0.2, -0.15) is 0 Å². The zero-order valence-corrected chi connectivity index (χ0v) is 16.6. The van der Waals surface area contributed by atoms with Crippen LogP contribution >= 0.6 is 0 Å². The van der Waals surface area contributed by atoms with Crippen molar-refractivity contribution in [2.24, 2.45) is 0 Å². The van der Waals surface area contributed by atoms with Gasteiger partial charge in [0.25, 0.3) is 0 Å². The minimum absolute atomic E-state index is 0.0179. The van der Waals surface area contributed by atoms with Crippen LogP contribution in [-0.4, -0.2) is 40.5 Å². The maximum Gasteiger partial charge on any atom is 0.247 e. The SMILES string of the molecule is CCc1ccccc1NC(=O)CN(C)C(=O)CCc1nnc(-c2ccccc2)o1. The fourth-order valence-corrected chi connectivity index (χ4v) is 2.90. The van der Waals surface area contributed by atoms with E-state index in [1.54, 1.807) is 7.05 Å². The van der Waals surface area contributed by atoms with Gasteiger partial charge >= 0.3 is 0 Å². The molecule has 0 saturated carbocycles. The highest BCUT2D eigenvalue weighted by Crippen LogP contribution is 2.18. The summed E-state index contributed by atoms with van der Waals surface area (Å²) in [6, 6.07) is 17.1. The quantitative estimate of drug-likeness (QED) is 0.635. The van der Waals surface area contributed by atoms with E-state index in [1.165, 1.54) is 4.90 Å². The van der Waals surface area contributed by atoms with E-state index in [0.29, 0.717) is 18.2 Å². The Labute approximate surface area is 169 Å². The molecular weight excluding hydrogens is 368 g/mol. The molecule has 0 radical (unpaired) electrons. The lowest BCUT2D eigenvalue weighted by molar-refractivity contribution is -0.133. The van der Waals surface area contributed by atoms with Crippen molar-refractivity contribution >= 4 is 17.5 Å². The van der Waals surface area contributed by atoms with E-state index in [0.717, 1.165) is 23.2 Å². The third-order valence-electron chi connectivity index (χ3n) is 4.52. The number of rotatable bonds is 8. The summed E-state index contributed by atoms with van der Waals surface area (Å²) in [7, 11) is 1.61. The van der Waals surface area contributed by atoms with Crippen molar-refractivity contribution in [1.82, 2.24) is 15.1 Å². The maximum absolute atomic E-state index is 12.4. The number of hydrogen-bond acceptors (Lipinski definition) is 5. The predicted octanol–water partition coefficient (Wildman–Crippen LogP) is 3.33. The van der Waals surface area contributed by atoms with Gasteiger partial charge in [-0.1, -0.05) is 43.3 Å². The molecule has 0 unspecified atom stereocenters. The zero-order valence-electron chi connectivity index (χ0n) is 16.6. The van der Waals surface area contributed by atoms with Crippen molar-refractivity contribution in [3.8, 4) is 11.5 Å². The highest BCUT2D eigenvalue weighted by Gasteiger charge is 2.16. The maximum atomic E-state index is 12.4. The number of likely N-dealkylation sites (N-methyl/N-ethyl adjacent to an activating group) is 1. The number of para-hydroxylation sites is 1. The molecule has 150 valence electrons. The van der Waals surface area contributed by atoms with Gasteiger partial charge in [-0.3, -0.25) is 9.59 Å². The van der Waals surface area contributed by atoms with Crippen LogP contribution in [0.5, 0.6) is 0 Å². The molecule has 1 heterocycles. The molecule has 0 aliphatic rings. The van der Waals surface area contributed by atoms with Crippen LogP contribution in [0.25, 0.3) is 11.5 Å². The molecule has 0 atom stereocenters. The van der Waals surface area contributed by atoms with Gasteiger partial charge in [0, 0.05) is 31.1 Å². The third-order valence-corrected chi connectivity index (χ3v) is 4.52. The van der Waals surface area contributed by atoms with Crippen molar-refractivity contribution in [2.75, 3.05) is 18.9 Å². The summed E-state index contributed by atoms with van der Waals surface area (Å²) in [6.07, 6.45) is 1.33. The van der Waals surface area contributed by atoms with E-state index in [1.807, 2.05) is 61.5 Å². The summed E-state index contributed by atoms with van der Waals surface area (Å²) in [5, 5.41) is 10.9. The topological polar surface area (TPSA) is 88.3 Å². The second-order valence-electron chi connectivity index (χ2n) is 6.68. The van der Waals surface area contributed by atoms with Gasteiger partial charge in [-0.25, -0.2) is 0 Å². The van der Waals surface area contributed by atoms with E-state index in [-0.39, 0.29) is 24.8 Å².